The fourth-order valence-electron chi connectivity index (χ4n) is 1.78. The highest BCUT2D eigenvalue weighted by Gasteiger charge is 2.20. The molecule has 0 saturated carbocycles. The smallest absolute Gasteiger partial charge is 0.346 e. The van der Waals surface area contributed by atoms with E-state index >= 15 is 0 Å². The number of amides is 1. The van der Waals surface area contributed by atoms with Gasteiger partial charge in [-0.15, -0.1) is 11.3 Å². The Balaban J connectivity index is 2.45. The number of aromatic nitrogens is 1. The van der Waals surface area contributed by atoms with Crippen LogP contribution in [0.25, 0.3) is 6.08 Å². The number of nitrogens with zero attached hydrogens (tertiary/aromatic N) is 3. The molecule has 0 aliphatic rings. The number of carbonyl (C=O) groups is 2. The highest BCUT2D eigenvalue weighted by molar-refractivity contribution is 7.14. The van der Waals surface area contributed by atoms with Crippen LogP contribution in [0.4, 0.5) is 15.2 Å². The molecule has 0 spiro atoms. The first-order valence-electron chi connectivity index (χ1n) is 6.30. The molecule has 6 nitrogen and oxygen atoms in total. The van der Waals surface area contributed by atoms with Crippen LogP contribution in [0.2, 0.25) is 0 Å². The Morgan fingerprint density at radius 1 is 1.43 bits per heavy atom. The molecule has 0 aliphatic carbocycles. The molecule has 1 amide bonds. The molecule has 0 fully saturated rings. The molecule has 0 bridgehead atoms. The SMILES string of the molecule is CC(=O)N(c1nc(/C=C(\C#N)C(=O)O)cs1)c1ccccc1F. The Morgan fingerprint density at radius 3 is 2.70 bits per heavy atom. The molecule has 8 heteroatoms. The number of anilines is 2. The Hall–Kier alpha value is -3.05. The second-order valence-corrected chi connectivity index (χ2v) is 5.17. The summed E-state index contributed by atoms with van der Waals surface area (Å²) in [6, 6.07) is 7.28. The quantitative estimate of drug-likeness (QED) is 0.686. The third-order valence-corrected chi connectivity index (χ3v) is 3.60. The zero-order chi connectivity index (χ0) is 17.0. The van der Waals surface area contributed by atoms with E-state index in [9.17, 15) is 14.0 Å². The first-order valence-corrected chi connectivity index (χ1v) is 7.18. The first kappa shape index (κ1) is 16.3. The molecule has 0 aliphatic heterocycles. The summed E-state index contributed by atoms with van der Waals surface area (Å²) in [5, 5.41) is 19.2. The van der Waals surface area contributed by atoms with Crippen LogP contribution in [-0.4, -0.2) is 22.0 Å². The Kier molecular flexibility index (Phi) is 4.83. The van der Waals surface area contributed by atoms with E-state index in [0.717, 1.165) is 22.3 Å². The van der Waals surface area contributed by atoms with E-state index in [-0.39, 0.29) is 16.5 Å². The molecule has 0 unspecified atom stereocenters. The van der Waals surface area contributed by atoms with Crippen molar-refractivity contribution in [2.45, 2.75) is 6.92 Å². The monoisotopic (exact) mass is 331 g/mol. The molecule has 0 atom stereocenters. The predicted octanol–water partition coefficient (Wildman–Crippen LogP) is 2.96. The van der Waals surface area contributed by atoms with Crippen molar-refractivity contribution in [1.82, 2.24) is 4.98 Å². The summed E-state index contributed by atoms with van der Waals surface area (Å²) in [6.45, 7) is 1.27. The second kappa shape index (κ2) is 6.81. The molecule has 1 aromatic heterocycles. The van der Waals surface area contributed by atoms with Gasteiger partial charge in [0, 0.05) is 12.3 Å². The van der Waals surface area contributed by atoms with Gasteiger partial charge in [-0.05, 0) is 18.2 Å². The summed E-state index contributed by atoms with van der Waals surface area (Å²) in [6.07, 6.45) is 1.09. The van der Waals surface area contributed by atoms with E-state index in [2.05, 4.69) is 4.98 Å². The summed E-state index contributed by atoms with van der Waals surface area (Å²) in [5.74, 6) is -2.41. The number of carboxylic acid groups (broad SMARTS) is 1. The van der Waals surface area contributed by atoms with Gasteiger partial charge in [-0.3, -0.25) is 9.69 Å². The number of hydrogen-bond donors (Lipinski definition) is 1. The van der Waals surface area contributed by atoms with Crippen molar-refractivity contribution in [3.8, 4) is 6.07 Å². The topological polar surface area (TPSA) is 94.3 Å². The molecule has 0 radical (unpaired) electrons. The molecule has 0 saturated heterocycles. The first-order chi connectivity index (χ1) is 10.9. The lowest BCUT2D eigenvalue weighted by atomic mass is 10.2. The van der Waals surface area contributed by atoms with Gasteiger partial charge in [0.1, 0.15) is 17.5 Å². The van der Waals surface area contributed by atoms with Crippen LogP contribution >= 0.6 is 11.3 Å². The molecular formula is C15H10FN3O3S. The van der Waals surface area contributed by atoms with Crippen molar-refractivity contribution in [3.05, 3.63) is 46.7 Å². The zero-order valence-electron chi connectivity index (χ0n) is 11.9. The molecule has 2 rings (SSSR count). The summed E-state index contributed by atoms with van der Waals surface area (Å²) in [5.41, 5.74) is -0.239. The highest BCUT2D eigenvalue weighted by atomic mass is 32.1. The number of rotatable bonds is 4. The van der Waals surface area contributed by atoms with E-state index in [1.54, 1.807) is 6.07 Å². The van der Waals surface area contributed by atoms with Crippen molar-refractivity contribution < 1.29 is 19.1 Å². The van der Waals surface area contributed by atoms with Crippen molar-refractivity contribution >= 4 is 40.1 Å². The van der Waals surface area contributed by atoms with Crippen LogP contribution < -0.4 is 4.90 Å². The van der Waals surface area contributed by atoms with E-state index in [1.807, 2.05) is 0 Å². The van der Waals surface area contributed by atoms with Crippen LogP contribution in [0.1, 0.15) is 12.6 Å². The number of thiazole rings is 1. The Morgan fingerprint density at radius 2 is 2.13 bits per heavy atom. The lowest BCUT2D eigenvalue weighted by Gasteiger charge is -2.18. The minimum Gasteiger partial charge on any atom is -0.477 e. The van der Waals surface area contributed by atoms with E-state index in [0.29, 0.717) is 0 Å². The van der Waals surface area contributed by atoms with E-state index in [1.165, 1.54) is 36.6 Å². The minimum absolute atomic E-state index is 0.0450. The van der Waals surface area contributed by atoms with E-state index in [4.69, 9.17) is 10.4 Å². The van der Waals surface area contributed by atoms with Gasteiger partial charge in [-0.25, -0.2) is 14.2 Å². The van der Waals surface area contributed by atoms with Crippen LogP contribution in [0.3, 0.4) is 0 Å². The molecule has 2 aromatic rings. The fraction of sp³-hybridized carbons (Fsp3) is 0.0667. The standard InChI is InChI=1S/C15H10FN3O3S/c1-9(20)19(13-5-3-2-4-12(13)16)15-18-11(8-23-15)6-10(7-17)14(21)22/h2-6,8H,1H3,(H,21,22)/b10-6+. The Bertz CT molecular complexity index is 838. The third kappa shape index (κ3) is 3.59. The average Bonchev–Trinajstić information content (AvgIpc) is 2.94. The van der Waals surface area contributed by atoms with Crippen LogP contribution in [-0.2, 0) is 9.59 Å². The van der Waals surface area contributed by atoms with Crippen molar-refractivity contribution in [2.75, 3.05) is 4.90 Å². The second-order valence-electron chi connectivity index (χ2n) is 4.34. The number of nitriles is 1. The fourth-order valence-corrected chi connectivity index (χ4v) is 2.61. The maximum atomic E-state index is 13.9. The molecule has 1 N–H and O–H groups in total. The number of para-hydroxylation sites is 1. The summed E-state index contributed by atoms with van der Waals surface area (Å²) < 4.78 is 13.9. The lowest BCUT2D eigenvalue weighted by Crippen LogP contribution is -2.23. The van der Waals surface area contributed by atoms with Crippen LogP contribution in [0, 0.1) is 17.1 Å². The van der Waals surface area contributed by atoms with E-state index < -0.39 is 23.3 Å². The highest BCUT2D eigenvalue weighted by Crippen LogP contribution is 2.31. The number of carbonyl (C=O) groups excluding carboxylic acids is 1. The molecule has 1 aromatic carbocycles. The number of benzene rings is 1. The Labute approximate surface area is 134 Å². The normalized spacial score (nSPS) is 10.9. The largest absolute Gasteiger partial charge is 0.477 e. The predicted molar refractivity (Wildman–Crippen MR) is 82.6 cm³/mol. The maximum Gasteiger partial charge on any atom is 0.346 e. The number of carboxylic acids is 1. The molecule has 23 heavy (non-hydrogen) atoms. The van der Waals surface area contributed by atoms with Crippen LogP contribution in [0.5, 0.6) is 0 Å². The van der Waals surface area contributed by atoms with Gasteiger partial charge in [0.05, 0.1) is 11.4 Å². The van der Waals surface area contributed by atoms with Gasteiger partial charge >= 0.3 is 5.97 Å². The molecule has 1 heterocycles. The lowest BCUT2D eigenvalue weighted by molar-refractivity contribution is -0.132. The maximum absolute atomic E-state index is 13.9. The van der Waals surface area contributed by atoms with Gasteiger partial charge in [-0.2, -0.15) is 5.26 Å². The van der Waals surface area contributed by atoms with Crippen molar-refractivity contribution in [1.29, 1.82) is 5.26 Å². The van der Waals surface area contributed by atoms with Crippen molar-refractivity contribution in [2.24, 2.45) is 0 Å². The number of hydrogen-bond acceptors (Lipinski definition) is 5. The third-order valence-electron chi connectivity index (χ3n) is 2.75. The summed E-state index contributed by atoms with van der Waals surface area (Å²) >= 11 is 1.03. The van der Waals surface area contributed by atoms with Gasteiger partial charge < -0.3 is 5.11 Å². The molecular weight excluding hydrogens is 321 g/mol. The average molecular weight is 331 g/mol. The van der Waals surface area contributed by atoms with Gasteiger partial charge in [0.2, 0.25) is 5.91 Å². The van der Waals surface area contributed by atoms with Crippen molar-refractivity contribution in [3.63, 3.8) is 0 Å². The van der Waals surface area contributed by atoms with Gasteiger partial charge in [0.25, 0.3) is 0 Å². The van der Waals surface area contributed by atoms with Crippen LogP contribution in [0.15, 0.2) is 35.2 Å². The summed E-state index contributed by atoms with van der Waals surface area (Å²) in [7, 11) is 0. The number of halogens is 1. The summed E-state index contributed by atoms with van der Waals surface area (Å²) in [4.78, 5) is 27.9. The molecule has 116 valence electrons. The minimum atomic E-state index is -1.38. The van der Waals surface area contributed by atoms with Gasteiger partial charge in [0.15, 0.2) is 5.13 Å². The van der Waals surface area contributed by atoms with Gasteiger partial charge in [-0.1, -0.05) is 12.1 Å². The zero-order valence-corrected chi connectivity index (χ0v) is 12.7. The number of aliphatic carboxylic acids is 1.